The van der Waals surface area contributed by atoms with E-state index in [1.165, 1.54) is 0 Å². The minimum absolute atomic E-state index is 0.149. The quantitative estimate of drug-likeness (QED) is 0.395. The van der Waals surface area contributed by atoms with Crippen LogP contribution < -0.4 is 17.0 Å². The maximum atomic E-state index is 11.4. The molecule has 0 aromatic heterocycles. The zero-order chi connectivity index (χ0) is 14.5. The number of benzene rings is 1. The van der Waals surface area contributed by atoms with E-state index in [1.54, 1.807) is 13.0 Å². The summed E-state index contributed by atoms with van der Waals surface area (Å²) in [7, 11) is -2.93. The van der Waals surface area contributed by atoms with Crippen LogP contribution in [-0.4, -0.2) is 19.9 Å². The molecule has 1 atom stereocenters. The minimum atomic E-state index is -2.93. The topological polar surface area (TPSA) is 98.2 Å². The van der Waals surface area contributed by atoms with Gasteiger partial charge >= 0.3 is 0 Å². The number of hydrogen-bond donors (Lipinski definition) is 3. The van der Waals surface area contributed by atoms with Crippen molar-refractivity contribution in [2.24, 2.45) is 5.84 Å². The van der Waals surface area contributed by atoms with Crippen LogP contribution in [0.2, 0.25) is 0 Å². The van der Waals surface area contributed by atoms with Gasteiger partial charge in [0.05, 0.1) is 5.75 Å². The summed E-state index contributed by atoms with van der Waals surface area (Å²) in [6.07, 6.45) is 1.17. The number of nitrogens with two attached hydrogens (primary N) is 2. The number of hydrogen-bond acceptors (Lipinski definition) is 5. The normalized spacial score (nSPS) is 13.4. The van der Waals surface area contributed by atoms with Crippen molar-refractivity contribution in [2.75, 3.05) is 17.2 Å². The molecular formula is C12H20BrN3O2S. The number of hydrazine groups is 1. The second-order valence-electron chi connectivity index (χ2n) is 4.37. The van der Waals surface area contributed by atoms with E-state index < -0.39 is 9.84 Å². The third-order valence-corrected chi connectivity index (χ3v) is 5.30. The summed E-state index contributed by atoms with van der Waals surface area (Å²) in [5, 5.41) is 0. The first-order valence-corrected chi connectivity index (χ1v) is 8.72. The molecule has 0 amide bonds. The first-order valence-electron chi connectivity index (χ1n) is 6.11. The van der Waals surface area contributed by atoms with E-state index in [-0.39, 0.29) is 17.5 Å². The van der Waals surface area contributed by atoms with Crippen LogP contribution in [0.4, 0.5) is 5.69 Å². The predicted molar refractivity (Wildman–Crippen MR) is 82.2 cm³/mol. The van der Waals surface area contributed by atoms with Crippen LogP contribution in [0.5, 0.6) is 0 Å². The number of nitrogens with one attached hydrogen (secondary N) is 1. The van der Waals surface area contributed by atoms with Crippen molar-refractivity contribution in [3.63, 3.8) is 0 Å². The highest BCUT2D eigenvalue weighted by Crippen LogP contribution is 2.27. The van der Waals surface area contributed by atoms with Crippen LogP contribution in [0.25, 0.3) is 0 Å². The van der Waals surface area contributed by atoms with Gasteiger partial charge in [0.25, 0.3) is 0 Å². The molecule has 5 N–H and O–H groups in total. The molecule has 1 aromatic carbocycles. The number of nitrogen functional groups attached to an aromatic ring is 1. The standard InChI is InChI=1S/C12H20BrN3O2S/c1-2-19(17,18)7-3-4-12(16-15)10-8-9(13)5-6-11(10)14/h5-6,8,12,16H,2-4,7,14-15H2,1H3. The van der Waals surface area contributed by atoms with Crippen molar-refractivity contribution < 1.29 is 8.42 Å². The SMILES string of the molecule is CCS(=O)(=O)CCCC(NN)c1cc(Br)ccc1N. The van der Waals surface area contributed by atoms with Crippen LogP contribution in [0.3, 0.4) is 0 Å². The van der Waals surface area contributed by atoms with Crippen molar-refractivity contribution >= 4 is 31.5 Å². The number of sulfone groups is 1. The van der Waals surface area contributed by atoms with Gasteiger partial charge in [-0.2, -0.15) is 0 Å². The zero-order valence-corrected chi connectivity index (χ0v) is 13.3. The Morgan fingerprint density at radius 1 is 1.42 bits per heavy atom. The Kier molecular flexibility index (Phi) is 6.25. The average molecular weight is 350 g/mol. The molecule has 1 unspecified atom stereocenters. The highest BCUT2D eigenvalue weighted by atomic mass is 79.9. The van der Waals surface area contributed by atoms with E-state index in [4.69, 9.17) is 11.6 Å². The van der Waals surface area contributed by atoms with E-state index >= 15 is 0 Å². The molecule has 0 heterocycles. The molecule has 7 heteroatoms. The molecule has 5 nitrogen and oxygen atoms in total. The van der Waals surface area contributed by atoms with Crippen molar-refractivity contribution in [1.82, 2.24) is 5.43 Å². The molecule has 1 aromatic rings. The highest BCUT2D eigenvalue weighted by molar-refractivity contribution is 9.10. The van der Waals surface area contributed by atoms with E-state index in [0.29, 0.717) is 18.5 Å². The Balaban J connectivity index is 2.71. The first-order chi connectivity index (χ1) is 8.89. The van der Waals surface area contributed by atoms with E-state index in [9.17, 15) is 8.42 Å². The minimum Gasteiger partial charge on any atom is -0.398 e. The fourth-order valence-corrected chi connectivity index (χ4v) is 3.10. The maximum Gasteiger partial charge on any atom is 0.150 e. The van der Waals surface area contributed by atoms with Gasteiger partial charge in [0.2, 0.25) is 0 Å². The molecule has 108 valence electrons. The Bertz CT molecular complexity index is 520. The lowest BCUT2D eigenvalue weighted by atomic mass is 10.0. The Morgan fingerprint density at radius 2 is 2.11 bits per heavy atom. The number of rotatable bonds is 7. The van der Waals surface area contributed by atoms with Gasteiger partial charge in [0.1, 0.15) is 9.84 Å². The van der Waals surface area contributed by atoms with Gasteiger partial charge in [-0.15, -0.1) is 0 Å². The third kappa shape index (κ3) is 5.10. The fraction of sp³-hybridized carbons (Fsp3) is 0.500. The molecule has 0 aliphatic heterocycles. The monoisotopic (exact) mass is 349 g/mol. The summed E-state index contributed by atoms with van der Waals surface area (Å²) in [5.74, 6) is 5.89. The van der Waals surface area contributed by atoms with Gasteiger partial charge in [0, 0.05) is 22.0 Å². The molecule has 0 bridgehead atoms. The van der Waals surface area contributed by atoms with Gasteiger partial charge in [-0.1, -0.05) is 22.9 Å². The summed E-state index contributed by atoms with van der Waals surface area (Å²) in [5.41, 5.74) is 10.1. The Hall–Kier alpha value is -0.630. The number of halogens is 1. The van der Waals surface area contributed by atoms with Crippen LogP contribution in [-0.2, 0) is 9.84 Å². The highest BCUT2D eigenvalue weighted by Gasteiger charge is 2.15. The van der Waals surface area contributed by atoms with Crippen LogP contribution in [0.15, 0.2) is 22.7 Å². The molecule has 0 fully saturated rings. The van der Waals surface area contributed by atoms with Gasteiger partial charge in [-0.05, 0) is 36.6 Å². The van der Waals surface area contributed by atoms with Crippen molar-refractivity contribution in [1.29, 1.82) is 0 Å². The van der Waals surface area contributed by atoms with E-state index in [2.05, 4.69) is 21.4 Å². The number of anilines is 1. The van der Waals surface area contributed by atoms with Gasteiger partial charge in [-0.25, -0.2) is 8.42 Å². The zero-order valence-electron chi connectivity index (χ0n) is 10.9. The Labute approximate surface area is 122 Å². The molecule has 0 aliphatic carbocycles. The van der Waals surface area contributed by atoms with Crippen LogP contribution in [0, 0.1) is 0 Å². The summed E-state index contributed by atoms with van der Waals surface area (Å²) < 4.78 is 23.8. The van der Waals surface area contributed by atoms with Crippen molar-refractivity contribution in [2.45, 2.75) is 25.8 Å². The molecule has 19 heavy (non-hydrogen) atoms. The van der Waals surface area contributed by atoms with Gasteiger partial charge < -0.3 is 5.73 Å². The second-order valence-corrected chi connectivity index (χ2v) is 7.76. The van der Waals surface area contributed by atoms with Crippen molar-refractivity contribution in [3.8, 4) is 0 Å². The lowest BCUT2D eigenvalue weighted by Crippen LogP contribution is -2.29. The van der Waals surface area contributed by atoms with E-state index in [0.717, 1.165) is 10.0 Å². The fourth-order valence-electron chi connectivity index (χ4n) is 1.83. The molecular weight excluding hydrogens is 330 g/mol. The third-order valence-electron chi connectivity index (χ3n) is 3.01. The van der Waals surface area contributed by atoms with Crippen LogP contribution in [0.1, 0.15) is 31.4 Å². The van der Waals surface area contributed by atoms with Gasteiger partial charge in [0.15, 0.2) is 0 Å². The summed E-state index contributed by atoms with van der Waals surface area (Å²) in [6, 6.07) is 5.40. The molecule has 0 saturated heterocycles. The lowest BCUT2D eigenvalue weighted by molar-refractivity contribution is 0.508. The molecule has 0 spiro atoms. The molecule has 1 rings (SSSR count). The summed E-state index contributed by atoms with van der Waals surface area (Å²) in [4.78, 5) is 0. The molecule has 0 aliphatic rings. The summed E-state index contributed by atoms with van der Waals surface area (Å²) in [6.45, 7) is 1.65. The maximum absolute atomic E-state index is 11.4. The largest absolute Gasteiger partial charge is 0.398 e. The molecule has 0 radical (unpaired) electrons. The second kappa shape index (κ2) is 7.23. The van der Waals surface area contributed by atoms with Crippen LogP contribution >= 0.6 is 15.9 Å². The smallest absolute Gasteiger partial charge is 0.150 e. The predicted octanol–water partition coefficient (Wildman–Crippen LogP) is 1.75. The average Bonchev–Trinajstić information content (AvgIpc) is 2.38. The molecule has 0 saturated carbocycles. The summed E-state index contributed by atoms with van der Waals surface area (Å²) >= 11 is 3.38. The van der Waals surface area contributed by atoms with Gasteiger partial charge in [-0.3, -0.25) is 11.3 Å². The van der Waals surface area contributed by atoms with E-state index in [1.807, 2.05) is 12.1 Å². The Morgan fingerprint density at radius 3 is 2.68 bits per heavy atom. The first kappa shape index (κ1) is 16.4. The van der Waals surface area contributed by atoms with Crippen molar-refractivity contribution in [3.05, 3.63) is 28.2 Å². The lowest BCUT2D eigenvalue weighted by Gasteiger charge is -2.18.